The third-order valence-corrected chi connectivity index (χ3v) is 2.79. The van der Waals surface area contributed by atoms with Crippen LogP contribution in [0.25, 0.3) is 0 Å². The fraction of sp³-hybridized carbons (Fsp3) is 1.00. The highest BCUT2D eigenvalue weighted by atomic mass is 16.3. The molecule has 3 heteroatoms. The van der Waals surface area contributed by atoms with Crippen LogP contribution < -0.4 is 5.32 Å². The van der Waals surface area contributed by atoms with Gasteiger partial charge in [0.05, 0.1) is 5.60 Å². The number of hydrogen-bond donors (Lipinski definition) is 2. The number of likely N-dealkylation sites (N-methyl/N-ethyl adjacent to an activating group) is 1. The molecule has 0 spiro atoms. The Morgan fingerprint density at radius 1 is 1.38 bits per heavy atom. The maximum absolute atomic E-state index is 9.72. The number of aliphatic hydroxyl groups is 1. The lowest BCUT2D eigenvalue weighted by Gasteiger charge is -2.35. The second-order valence-electron chi connectivity index (χ2n) is 4.19. The third-order valence-electron chi connectivity index (χ3n) is 2.79. The molecule has 1 aliphatic heterocycles. The topological polar surface area (TPSA) is 35.5 Å². The van der Waals surface area contributed by atoms with E-state index >= 15 is 0 Å². The van der Waals surface area contributed by atoms with E-state index in [4.69, 9.17) is 0 Å². The Morgan fingerprint density at radius 3 is 2.54 bits per heavy atom. The van der Waals surface area contributed by atoms with Crippen molar-refractivity contribution in [1.29, 1.82) is 0 Å². The van der Waals surface area contributed by atoms with Crippen molar-refractivity contribution in [3.8, 4) is 0 Å². The normalized spacial score (nSPS) is 23.3. The molecule has 0 unspecified atom stereocenters. The van der Waals surface area contributed by atoms with E-state index in [2.05, 4.69) is 17.1 Å². The van der Waals surface area contributed by atoms with E-state index in [1.165, 1.54) is 0 Å². The first-order chi connectivity index (χ1) is 6.14. The molecular formula is C10H22N2O. The van der Waals surface area contributed by atoms with Gasteiger partial charge in [0.1, 0.15) is 0 Å². The Kier molecular flexibility index (Phi) is 4.16. The molecule has 0 aromatic carbocycles. The van der Waals surface area contributed by atoms with Crippen molar-refractivity contribution in [1.82, 2.24) is 10.2 Å². The molecule has 0 bridgehead atoms. The molecule has 0 amide bonds. The lowest BCUT2D eigenvalue weighted by molar-refractivity contribution is -0.00486. The molecule has 0 aliphatic carbocycles. The van der Waals surface area contributed by atoms with Crippen LogP contribution in [0.3, 0.4) is 0 Å². The lowest BCUT2D eigenvalue weighted by Crippen LogP contribution is -2.44. The molecule has 13 heavy (non-hydrogen) atoms. The van der Waals surface area contributed by atoms with E-state index in [9.17, 15) is 5.11 Å². The van der Waals surface area contributed by atoms with Crippen LogP contribution in [-0.2, 0) is 0 Å². The summed E-state index contributed by atoms with van der Waals surface area (Å²) >= 11 is 0. The van der Waals surface area contributed by atoms with Crippen molar-refractivity contribution in [2.75, 3.05) is 32.7 Å². The molecule has 1 heterocycles. The monoisotopic (exact) mass is 186 g/mol. The van der Waals surface area contributed by atoms with Crippen LogP contribution in [-0.4, -0.2) is 48.3 Å². The van der Waals surface area contributed by atoms with Gasteiger partial charge in [-0.15, -0.1) is 0 Å². The van der Waals surface area contributed by atoms with E-state index in [-0.39, 0.29) is 0 Å². The summed E-state index contributed by atoms with van der Waals surface area (Å²) in [5, 5.41) is 13.0. The number of likely N-dealkylation sites (tertiary alicyclic amines) is 1. The molecule has 1 rings (SSSR count). The first-order valence-electron chi connectivity index (χ1n) is 5.29. The number of piperidine rings is 1. The standard InChI is InChI=1S/C10H22N2O/c1-3-11-6-9-12-7-4-10(2,13)5-8-12/h11,13H,3-9H2,1-2H3. The fourth-order valence-electron chi connectivity index (χ4n) is 1.67. The molecule has 78 valence electrons. The predicted octanol–water partition coefficient (Wildman–Crippen LogP) is 0.443. The van der Waals surface area contributed by atoms with Crippen molar-refractivity contribution in [3.05, 3.63) is 0 Å². The average Bonchev–Trinajstić information content (AvgIpc) is 2.08. The zero-order chi connectivity index (χ0) is 9.73. The van der Waals surface area contributed by atoms with Crippen molar-refractivity contribution in [2.24, 2.45) is 0 Å². The summed E-state index contributed by atoms with van der Waals surface area (Å²) in [6.07, 6.45) is 1.83. The summed E-state index contributed by atoms with van der Waals surface area (Å²) in [5.74, 6) is 0. The molecule has 1 saturated heterocycles. The number of rotatable bonds is 4. The van der Waals surface area contributed by atoms with Gasteiger partial charge in [0.15, 0.2) is 0 Å². The summed E-state index contributed by atoms with van der Waals surface area (Å²) in [7, 11) is 0. The molecule has 0 radical (unpaired) electrons. The predicted molar refractivity (Wildman–Crippen MR) is 54.8 cm³/mol. The minimum atomic E-state index is -0.408. The molecule has 0 atom stereocenters. The van der Waals surface area contributed by atoms with Gasteiger partial charge in [0.2, 0.25) is 0 Å². The van der Waals surface area contributed by atoms with E-state index in [0.717, 1.165) is 45.6 Å². The molecule has 0 aromatic heterocycles. The second-order valence-corrected chi connectivity index (χ2v) is 4.19. The summed E-state index contributed by atoms with van der Waals surface area (Å²) in [6, 6.07) is 0. The molecule has 2 N–H and O–H groups in total. The van der Waals surface area contributed by atoms with Crippen molar-refractivity contribution in [3.63, 3.8) is 0 Å². The molecule has 1 aliphatic rings. The van der Waals surface area contributed by atoms with E-state index in [1.54, 1.807) is 0 Å². The quantitative estimate of drug-likeness (QED) is 0.626. The highest BCUT2D eigenvalue weighted by molar-refractivity contribution is 4.81. The van der Waals surface area contributed by atoms with E-state index in [0.29, 0.717) is 0 Å². The van der Waals surface area contributed by atoms with Crippen LogP contribution in [0.1, 0.15) is 26.7 Å². The molecule has 0 aromatic rings. The van der Waals surface area contributed by atoms with Gasteiger partial charge in [-0.2, -0.15) is 0 Å². The minimum Gasteiger partial charge on any atom is -0.390 e. The average molecular weight is 186 g/mol. The number of nitrogens with one attached hydrogen (secondary N) is 1. The number of hydrogen-bond acceptors (Lipinski definition) is 3. The summed E-state index contributed by atoms with van der Waals surface area (Å²) in [5.41, 5.74) is -0.408. The molecular weight excluding hydrogens is 164 g/mol. The summed E-state index contributed by atoms with van der Waals surface area (Å²) in [6.45, 7) is 9.38. The van der Waals surface area contributed by atoms with Crippen LogP contribution in [0.5, 0.6) is 0 Å². The minimum absolute atomic E-state index is 0.408. The van der Waals surface area contributed by atoms with Gasteiger partial charge < -0.3 is 15.3 Å². The van der Waals surface area contributed by atoms with Gasteiger partial charge in [-0.1, -0.05) is 6.92 Å². The van der Waals surface area contributed by atoms with Crippen LogP contribution in [0.2, 0.25) is 0 Å². The highest BCUT2D eigenvalue weighted by Gasteiger charge is 2.26. The van der Waals surface area contributed by atoms with E-state index in [1.807, 2.05) is 6.92 Å². The summed E-state index contributed by atoms with van der Waals surface area (Å²) < 4.78 is 0. The van der Waals surface area contributed by atoms with Gasteiger partial charge in [0.25, 0.3) is 0 Å². The first kappa shape index (κ1) is 11.0. The highest BCUT2D eigenvalue weighted by Crippen LogP contribution is 2.20. The van der Waals surface area contributed by atoms with Gasteiger partial charge in [-0.3, -0.25) is 0 Å². The number of nitrogens with zero attached hydrogens (tertiary/aromatic N) is 1. The van der Waals surface area contributed by atoms with Gasteiger partial charge >= 0.3 is 0 Å². The third kappa shape index (κ3) is 4.07. The van der Waals surface area contributed by atoms with Crippen LogP contribution >= 0.6 is 0 Å². The zero-order valence-electron chi connectivity index (χ0n) is 8.84. The SMILES string of the molecule is CCNCCN1CCC(C)(O)CC1. The fourth-order valence-corrected chi connectivity index (χ4v) is 1.67. The van der Waals surface area contributed by atoms with Gasteiger partial charge in [-0.25, -0.2) is 0 Å². The second kappa shape index (κ2) is 4.94. The lowest BCUT2D eigenvalue weighted by atomic mass is 9.94. The van der Waals surface area contributed by atoms with Crippen molar-refractivity contribution >= 4 is 0 Å². The Balaban J connectivity index is 2.11. The van der Waals surface area contributed by atoms with Crippen LogP contribution in [0.15, 0.2) is 0 Å². The Bertz CT molecular complexity index is 138. The summed E-state index contributed by atoms with van der Waals surface area (Å²) in [4.78, 5) is 2.42. The maximum atomic E-state index is 9.72. The van der Waals surface area contributed by atoms with Crippen molar-refractivity contribution < 1.29 is 5.11 Å². The zero-order valence-corrected chi connectivity index (χ0v) is 8.84. The largest absolute Gasteiger partial charge is 0.390 e. The van der Waals surface area contributed by atoms with Crippen LogP contribution in [0.4, 0.5) is 0 Å². The Labute approximate surface area is 81.1 Å². The van der Waals surface area contributed by atoms with Gasteiger partial charge in [0, 0.05) is 26.2 Å². The molecule has 0 saturated carbocycles. The maximum Gasteiger partial charge on any atom is 0.0644 e. The first-order valence-corrected chi connectivity index (χ1v) is 5.29. The Morgan fingerprint density at radius 2 is 2.00 bits per heavy atom. The van der Waals surface area contributed by atoms with E-state index < -0.39 is 5.60 Å². The molecule has 1 fully saturated rings. The Hall–Kier alpha value is -0.120. The van der Waals surface area contributed by atoms with Crippen LogP contribution in [0, 0.1) is 0 Å². The molecule has 3 nitrogen and oxygen atoms in total. The smallest absolute Gasteiger partial charge is 0.0644 e. The van der Waals surface area contributed by atoms with Crippen molar-refractivity contribution in [2.45, 2.75) is 32.3 Å². The van der Waals surface area contributed by atoms with Gasteiger partial charge in [-0.05, 0) is 26.3 Å².